The molecule has 0 amide bonds. The van der Waals surface area contributed by atoms with Gasteiger partial charge in [0.05, 0.1) is 12.9 Å². The summed E-state index contributed by atoms with van der Waals surface area (Å²) < 4.78 is 31.0. The SMILES string of the molecule is COc1ccccc1SCC(=O)c1ccc(F)c(F)c1. The van der Waals surface area contributed by atoms with Crippen molar-refractivity contribution < 1.29 is 18.3 Å². The summed E-state index contributed by atoms with van der Waals surface area (Å²) in [7, 11) is 1.55. The number of carbonyl (C=O) groups excluding carboxylic acids is 1. The van der Waals surface area contributed by atoms with Gasteiger partial charge in [0.15, 0.2) is 17.4 Å². The van der Waals surface area contributed by atoms with Crippen LogP contribution in [-0.2, 0) is 0 Å². The first-order valence-corrected chi connectivity index (χ1v) is 6.84. The number of Topliss-reactive ketones (excluding diaryl/α,β-unsaturated/α-hetero) is 1. The highest BCUT2D eigenvalue weighted by molar-refractivity contribution is 8.00. The Bertz CT molecular complexity index is 629. The van der Waals surface area contributed by atoms with E-state index in [0.29, 0.717) is 5.75 Å². The second-order valence-electron chi connectivity index (χ2n) is 3.99. The van der Waals surface area contributed by atoms with Gasteiger partial charge in [0.2, 0.25) is 0 Å². The number of halogens is 2. The highest BCUT2D eigenvalue weighted by Gasteiger charge is 2.11. The molecule has 0 saturated carbocycles. The molecule has 0 radical (unpaired) electrons. The van der Waals surface area contributed by atoms with E-state index in [0.717, 1.165) is 17.0 Å². The van der Waals surface area contributed by atoms with Crippen LogP contribution in [0.5, 0.6) is 5.75 Å². The summed E-state index contributed by atoms with van der Waals surface area (Å²) in [4.78, 5) is 12.8. The van der Waals surface area contributed by atoms with Crippen molar-refractivity contribution in [2.24, 2.45) is 0 Å². The van der Waals surface area contributed by atoms with Gasteiger partial charge in [-0.3, -0.25) is 4.79 Å². The van der Waals surface area contributed by atoms with E-state index in [1.165, 1.54) is 17.8 Å². The molecule has 0 aliphatic heterocycles. The van der Waals surface area contributed by atoms with E-state index >= 15 is 0 Å². The molecule has 0 bridgehead atoms. The molecule has 104 valence electrons. The third-order valence-electron chi connectivity index (χ3n) is 2.67. The molecule has 0 fully saturated rings. The highest BCUT2D eigenvalue weighted by Crippen LogP contribution is 2.29. The minimum absolute atomic E-state index is 0.130. The lowest BCUT2D eigenvalue weighted by molar-refractivity contribution is 0.102. The first kappa shape index (κ1) is 14.5. The van der Waals surface area contributed by atoms with Crippen LogP contribution in [0, 0.1) is 11.6 Å². The normalized spacial score (nSPS) is 10.3. The third-order valence-corrected chi connectivity index (χ3v) is 3.72. The van der Waals surface area contributed by atoms with Crippen molar-refractivity contribution in [3.8, 4) is 5.75 Å². The fraction of sp³-hybridized carbons (Fsp3) is 0.133. The number of thioether (sulfide) groups is 1. The monoisotopic (exact) mass is 294 g/mol. The van der Waals surface area contributed by atoms with Crippen LogP contribution in [0.4, 0.5) is 8.78 Å². The van der Waals surface area contributed by atoms with Gasteiger partial charge in [0, 0.05) is 10.5 Å². The Balaban J connectivity index is 2.06. The van der Waals surface area contributed by atoms with Crippen LogP contribution in [-0.4, -0.2) is 18.6 Å². The molecule has 0 heterocycles. The molecule has 2 nitrogen and oxygen atoms in total. The van der Waals surface area contributed by atoms with Crippen molar-refractivity contribution in [3.05, 3.63) is 59.7 Å². The lowest BCUT2D eigenvalue weighted by atomic mass is 10.1. The number of ketones is 1. The number of ether oxygens (including phenoxy) is 1. The van der Waals surface area contributed by atoms with Crippen molar-refractivity contribution in [3.63, 3.8) is 0 Å². The molecule has 0 aliphatic rings. The first-order chi connectivity index (χ1) is 9.61. The van der Waals surface area contributed by atoms with Crippen molar-refractivity contribution in [2.75, 3.05) is 12.9 Å². The zero-order valence-corrected chi connectivity index (χ0v) is 11.5. The van der Waals surface area contributed by atoms with Crippen LogP contribution in [0.1, 0.15) is 10.4 Å². The number of hydrogen-bond acceptors (Lipinski definition) is 3. The molecular weight excluding hydrogens is 282 g/mol. The summed E-state index contributed by atoms with van der Waals surface area (Å²) in [5.74, 6) is -1.43. The van der Waals surface area contributed by atoms with E-state index in [1.807, 2.05) is 18.2 Å². The molecule has 0 unspecified atom stereocenters. The number of rotatable bonds is 5. The van der Waals surface area contributed by atoms with Gasteiger partial charge in [-0.2, -0.15) is 0 Å². The van der Waals surface area contributed by atoms with Crippen LogP contribution in [0.15, 0.2) is 47.4 Å². The lowest BCUT2D eigenvalue weighted by Crippen LogP contribution is -2.03. The second kappa shape index (κ2) is 6.52. The Morgan fingerprint density at radius 2 is 1.90 bits per heavy atom. The fourth-order valence-corrected chi connectivity index (χ4v) is 2.56. The maximum absolute atomic E-state index is 13.1. The van der Waals surface area contributed by atoms with E-state index in [1.54, 1.807) is 13.2 Å². The van der Waals surface area contributed by atoms with Crippen molar-refractivity contribution in [1.29, 1.82) is 0 Å². The van der Waals surface area contributed by atoms with Gasteiger partial charge in [0.25, 0.3) is 0 Å². The smallest absolute Gasteiger partial charge is 0.173 e. The maximum atomic E-state index is 13.1. The average molecular weight is 294 g/mol. The summed E-state index contributed by atoms with van der Waals surface area (Å²) >= 11 is 1.29. The predicted molar refractivity (Wildman–Crippen MR) is 74.4 cm³/mol. The second-order valence-corrected chi connectivity index (χ2v) is 5.01. The number of methoxy groups -OCH3 is 1. The van der Waals surface area contributed by atoms with Crippen LogP contribution >= 0.6 is 11.8 Å². The van der Waals surface area contributed by atoms with Gasteiger partial charge < -0.3 is 4.74 Å². The van der Waals surface area contributed by atoms with E-state index in [-0.39, 0.29) is 17.1 Å². The van der Waals surface area contributed by atoms with Gasteiger partial charge in [-0.25, -0.2) is 8.78 Å². The molecular formula is C15H12F2O2S. The van der Waals surface area contributed by atoms with Gasteiger partial charge in [-0.05, 0) is 30.3 Å². The molecule has 2 rings (SSSR count). The number of hydrogen-bond donors (Lipinski definition) is 0. The van der Waals surface area contributed by atoms with E-state index in [9.17, 15) is 13.6 Å². The van der Waals surface area contributed by atoms with Crippen LogP contribution in [0.2, 0.25) is 0 Å². The molecule has 20 heavy (non-hydrogen) atoms. The summed E-state index contributed by atoms with van der Waals surface area (Å²) in [5, 5.41) is 0. The van der Waals surface area contributed by atoms with E-state index in [2.05, 4.69) is 0 Å². The summed E-state index contributed by atoms with van der Waals surface area (Å²) in [6.45, 7) is 0. The van der Waals surface area contributed by atoms with Crippen LogP contribution < -0.4 is 4.74 Å². The van der Waals surface area contributed by atoms with Crippen LogP contribution in [0.25, 0.3) is 0 Å². The Morgan fingerprint density at radius 3 is 2.60 bits per heavy atom. The maximum Gasteiger partial charge on any atom is 0.173 e. The molecule has 0 aliphatic carbocycles. The fourth-order valence-electron chi connectivity index (χ4n) is 1.63. The minimum Gasteiger partial charge on any atom is -0.496 e. The molecule has 0 aromatic heterocycles. The van der Waals surface area contributed by atoms with Gasteiger partial charge >= 0.3 is 0 Å². The first-order valence-electron chi connectivity index (χ1n) is 5.86. The molecule has 2 aromatic carbocycles. The minimum atomic E-state index is -1.02. The average Bonchev–Trinajstić information content (AvgIpc) is 2.47. The summed E-state index contributed by atoms with van der Waals surface area (Å²) in [6, 6.07) is 10.5. The van der Waals surface area contributed by atoms with Gasteiger partial charge in [-0.15, -0.1) is 11.8 Å². The summed E-state index contributed by atoms with van der Waals surface area (Å²) in [5.41, 5.74) is 0.159. The van der Waals surface area contributed by atoms with E-state index in [4.69, 9.17) is 4.74 Å². The Hall–Kier alpha value is -1.88. The lowest BCUT2D eigenvalue weighted by Gasteiger charge is -2.07. The Labute approximate surface area is 119 Å². The molecule has 5 heteroatoms. The zero-order chi connectivity index (χ0) is 14.5. The highest BCUT2D eigenvalue weighted by atomic mass is 32.2. The molecule has 0 spiro atoms. The summed E-state index contributed by atoms with van der Waals surface area (Å²) in [6.07, 6.45) is 0. The molecule has 0 N–H and O–H groups in total. The molecule has 0 atom stereocenters. The topological polar surface area (TPSA) is 26.3 Å². The Kier molecular flexibility index (Phi) is 4.74. The standard InChI is InChI=1S/C15H12F2O2S/c1-19-14-4-2-3-5-15(14)20-9-13(18)10-6-7-11(16)12(17)8-10/h2-8H,9H2,1H3. The number of para-hydroxylation sites is 1. The van der Waals surface area contributed by atoms with Crippen molar-refractivity contribution in [1.82, 2.24) is 0 Å². The largest absolute Gasteiger partial charge is 0.496 e. The number of carbonyl (C=O) groups is 1. The third kappa shape index (κ3) is 3.36. The quantitative estimate of drug-likeness (QED) is 0.617. The van der Waals surface area contributed by atoms with Crippen molar-refractivity contribution >= 4 is 17.5 Å². The Morgan fingerprint density at radius 1 is 1.15 bits per heavy atom. The van der Waals surface area contributed by atoms with E-state index < -0.39 is 11.6 Å². The van der Waals surface area contributed by atoms with Gasteiger partial charge in [-0.1, -0.05) is 12.1 Å². The van der Waals surface area contributed by atoms with Gasteiger partial charge in [0.1, 0.15) is 5.75 Å². The molecule has 2 aromatic rings. The van der Waals surface area contributed by atoms with Crippen molar-refractivity contribution in [2.45, 2.75) is 4.90 Å². The van der Waals surface area contributed by atoms with Crippen LogP contribution in [0.3, 0.4) is 0 Å². The molecule has 0 saturated heterocycles. The predicted octanol–water partition coefficient (Wildman–Crippen LogP) is 3.95. The zero-order valence-electron chi connectivity index (χ0n) is 10.7. The number of benzene rings is 2.